The molecule has 1 aromatic heterocycles. The summed E-state index contributed by atoms with van der Waals surface area (Å²) in [4.78, 5) is 19.1. The van der Waals surface area contributed by atoms with E-state index in [2.05, 4.69) is 4.98 Å². The van der Waals surface area contributed by atoms with Crippen molar-refractivity contribution in [2.75, 3.05) is 33.7 Å². The van der Waals surface area contributed by atoms with Crippen molar-refractivity contribution in [1.82, 2.24) is 14.8 Å². The van der Waals surface area contributed by atoms with E-state index in [9.17, 15) is 4.79 Å². The number of hydrogen-bond acceptors (Lipinski definition) is 4. The van der Waals surface area contributed by atoms with E-state index in [0.717, 1.165) is 24.3 Å². The fraction of sp³-hybridized carbons (Fsp3) is 0.538. The van der Waals surface area contributed by atoms with Gasteiger partial charge in [0.2, 0.25) is 0 Å². The van der Waals surface area contributed by atoms with Gasteiger partial charge in [0.15, 0.2) is 0 Å². The molecule has 0 unspecified atom stereocenters. The van der Waals surface area contributed by atoms with Gasteiger partial charge in [-0.3, -0.25) is 14.7 Å². The third-order valence-electron chi connectivity index (χ3n) is 2.71. The van der Waals surface area contributed by atoms with Crippen molar-refractivity contribution in [2.45, 2.75) is 13.5 Å². The van der Waals surface area contributed by atoms with Gasteiger partial charge in [-0.15, -0.1) is 0 Å². The van der Waals surface area contributed by atoms with Gasteiger partial charge in [-0.1, -0.05) is 6.07 Å². The molecule has 0 saturated heterocycles. The second kappa shape index (κ2) is 7.08. The minimum atomic E-state index is -0.803. The van der Waals surface area contributed by atoms with Gasteiger partial charge in [-0.25, -0.2) is 0 Å². The number of rotatable bonds is 7. The molecule has 1 heterocycles. The minimum Gasteiger partial charge on any atom is -0.480 e. The normalized spacial score (nSPS) is 11.2. The Morgan fingerprint density at radius 1 is 1.39 bits per heavy atom. The summed E-state index contributed by atoms with van der Waals surface area (Å²) in [5.74, 6) is -0.803. The molecule has 18 heavy (non-hydrogen) atoms. The topological polar surface area (TPSA) is 56.7 Å². The molecule has 0 bridgehead atoms. The average Bonchev–Trinajstić information content (AvgIpc) is 2.28. The van der Waals surface area contributed by atoms with E-state index < -0.39 is 5.97 Å². The Kier molecular flexibility index (Phi) is 5.74. The summed E-state index contributed by atoms with van der Waals surface area (Å²) in [7, 11) is 3.95. The zero-order chi connectivity index (χ0) is 13.5. The Labute approximate surface area is 108 Å². The average molecular weight is 251 g/mol. The van der Waals surface area contributed by atoms with Crippen molar-refractivity contribution in [1.29, 1.82) is 0 Å². The number of aromatic nitrogens is 1. The fourth-order valence-electron chi connectivity index (χ4n) is 1.64. The van der Waals surface area contributed by atoms with Crippen molar-refractivity contribution in [2.24, 2.45) is 0 Å². The summed E-state index contributed by atoms with van der Waals surface area (Å²) in [5, 5.41) is 8.92. The van der Waals surface area contributed by atoms with Crippen LogP contribution in [0.4, 0.5) is 0 Å². The maximum Gasteiger partial charge on any atom is 0.317 e. The Morgan fingerprint density at radius 3 is 2.67 bits per heavy atom. The number of carboxylic acids is 1. The van der Waals surface area contributed by atoms with Crippen LogP contribution < -0.4 is 0 Å². The highest BCUT2D eigenvalue weighted by Gasteiger charge is 2.12. The van der Waals surface area contributed by atoms with Gasteiger partial charge >= 0.3 is 5.97 Å². The monoisotopic (exact) mass is 251 g/mol. The molecule has 1 rings (SSSR count). The van der Waals surface area contributed by atoms with Gasteiger partial charge < -0.3 is 10.0 Å². The van der Waals surface area contributed by atoms with Crippen LogP contribution in [0.2, 0.25) is 0 Å². The molecular weight excluding hydrogens is 230 g/mol. The quantitative estimate of drug-likeness (QED) is 0.778. The maximum atomic E-state index is 10.9. The number of nitrogens with zero attached hydrogens (tertiary/aromatic N) is 3. The van der Waals surface area contributed by atoms with E-state index in [1.807, 2.05) is 43.0 Å². The molecule has 0 spiro atoms. The predicted molar refractivity (Wildman–Crippen MR) is 70.4 cm³/mol. The van der Waals surface area contributed by atoms with Crippen LogP contribution in [-0.4, -0.2) is 59.6 Å². The van der Waals surface area contributed by atoms with Crippen LogP contribution in [0.5, 0.6) is 0 Å². The van der Waals surface area contributed by atoms with Crippen molar-refractivity contribution in [3.63, 3.8) is 0 Å². The van der Waals surface area contributed by atoms with E-state index in [1.54, 1.807) is 6.20 Å². The standard InChI is InChI=1S/C13H21N3O2/c1-11-5-4-6-14-12(11)9-16(10-13(17)18)8-7-15(2)3/h4-6H,7-10H2,1-3H3,(H,17,18). The molecule has 0 aliphatic rings. The molecule has 0 aliphatic heterocycles. The Morgan fingerprint density at radius 2 is 2.11 bits per heavy atom. The summed E-state index contributed by atoms with van der Waals surface area (Å²) in [6.45, 7) is 4.17. The predicted octanol–water partition coefficient (Wildman–Crippen LogP) is 0.838. The molecule has 0 atom stereocenters. The highest BCUT2D eigenvalue weighted by Crippen LogP contribution is 2.07. The molecule has 0 aliphatic carbocycles. The molecule has 100 valence electrons. The first-order valence-electron chi connectivity index (χ1n) is 5.98. The largest absolute Gasteiger partial charge is 0.480 e. The lowest BCUT2D eigenvalue weighted by Gasteiger charge is -2.22. The maximum absolute atomic E-state index is 10.9. The number of carboxylic acid groups (broad SMARTS) is 1. The molecule has 0 radical (unpaired) electrons. The number of carbonyl (C=O) groups is 1. The lowest BCUT2D eigenvalue weighted by Crippen LogP contribution is -2.35. The van der Waals surface area contributed by atoms with Gasteiger partial charge in [0, 0.05) is 25.8 Å². The lowest BCUT2D eigenvalue weighted by atomic mass is 10.2. The molecule has 5 heteroatoms. The van der Waals surface area contributed by atoms with Crippen LogP contribution in [0.1, 0.15) is 11.3 Å². The smallest absolute Gasteiger partial charge is 0.317 e. The van der Waals surface area contributed by atoms with Gasteiger partial charge in [-0.2, -0.15) is 0 Å². The molecule has 5 nitrogen and oxygen atoms in total. The third-order valence-corrected chi connectivity index (χ3v) is 2.71. The second-order valence-electron chi connectivity index (χ2n) is 4.67. The zero-order valence-electron chi connectivity index (χ0n) is 11.3. The molecule has 1 aromatic rings. The molecule has 1 N–H and O–H groups in total. The fourth-order valence-corrected chi connectivity index (χ4v) is 1.64. The summed E-state index contributed by atoms with van der Waals surface area (Å²) in [5.41, 5.74) is 2.04. The van der Waals surface area contributed by atoms with Crippen LogP contribution in [0.25, 0.3) is 0 Å². The first kappa shape index (κ1) is 14.6. The van der Waals surface area contributed by atoms with Gasteiger partial charge in [0.25, 0.3) is 0 Å². The Balaban J connectivity index is 2.65. The first-order valence-corrected chi connectivity index (χ1v) is 5.98. The van der Waals surface area contributed by atoms with E-state index in [-0.39, 0.29) is 6.54 Å². The second-order valence-corrected chi connectivity index (χ2v) is 4.67. The van der Waals surface area contributed by atoms with Crippen LogP contribution in [-0.2, 0) is 11.3 Å². The summed E-state index contributed by atoms with van der Waals surface area (Å²) < 4.78 is 0. The SMILES string of the molecule is Cc1cccnc1CN(CCN(C)C)CC(=O)O. The number of pyridine rings is 1. The summed E-state index contributed by atoms with van der Waals surface area (Å²) >= 11 is 0. The Bertz CT molecular complexity index is 394. The zero-order valence-corrected chi connectivity index (χ0v) is 11.3. The highest BCUT2D eigenvalue weighted by atomic mass is 16.4. The van der Waals surface area contributed by atoms with E-state index in [1.165, 1.54) is 0 Å². The number of hydrogen-bond donors (Lipinski definition) is 1. The Hall–Kier alpha value is -1.46. The van der Waals surface area contributed by atoms with Crippen LogP contribution in [0.15, 0.2) is 18.3 Å². The van der Waals surface area contributed by atoms with Crippen molar-refractivity contribution in [3.05, 3.63) is 29.6 Å². The van der Waals surface area contributed by atoms with Gasteiger partial charge in [-0.05, 0) is 32.6 Å². The van der Waals surface area contributed by atoms with Crippen LogP contribution in [0, 0.1) is 6.92 Å². The highest BCUT2D eigenvalue weighted by molar-refractivity contribution is 5.69. The number of aryl methyl sites for hydroxylation is 1. The molecule has 0 fully saturated rings. The van der Waals surface area contributed by atoms with Crippen molar-refractivity contribution < 1.29 is 9.90 Å². The molecule has 0 aromatic carbocycles. The third kappa shape index (κ3) is 5.25. The van der Waals surface area contributed by atoms with Crippen molar-refractivity contribution in [3.8, 4) is 0 Å². The van der Waals surface area contributed by atoms with E-state index in [4.69, 9.17) is 5.11 Å². The van der Waals surface area contributed by atoms with Crippen molar-refractivity contribution >= 4 is 5.97 Å². The van der Waals surface area contributed by atoms with Crippen LogP contribution >= 0.6 is 0 Å². The van der Waals surface area contributed by atoms with Crippen LogP contribution in [0.3, 0.4) is 0 Å². The lowest BCUT2D eigenvalue weighted by molar-refractivity contribution is -0.138. The van der Waals surface area contributed by atoms with Gasteiger partial charge in [0.1, 0.15) is 0 Å². The summed E-state index contributed by atoms with van der Waals surface area (Å²) in [6.07, 6.45) is 1.74. The molecule has 0 saturated carbocycles. The summed E-state index contributed by atoms with van der Waals surface area (Å²) in [6, 6.07) is 3.88. The first-order chi connectivity index (χ1) is 8.49. The van der Waals surface area contributed by atoms with E-state index in [0.29, 0.717) is 6.54 Å². The molecule has 0 amide bonds. The number of likely N-dealkylation sites (N-methyl/N-ethyl adjacent to an activating group) is 1. The van der Waals surface area contributed by atoms with E-state index >= 15 is 0 Å². The number of aliphatic carboxylic acids is 1. The van der Waals surface area contributed by atoms with Gasteiger partial charge in [0.05, 0.1) is 12.2 Å². The molecular formula is C13H21N3O2. The minimum absolute atomic E-state index is 0.0455.